The molecule has 2 aromatic heterocycles. The smallest absolute Gasteiger partial charge is 0.337 e. The van der Waals surface area contributed by atoms with Gasteiger partial charge in [0.1, 0.15) is 0 Å². The van der Waals surface area contributed by atoms with Crippen LogP contribution < -0.4 is 5.56 Å². The zero-order valence-electron chi connectivity index (χ0n) is 18.2. The lowest BCUT2D eigenvalue weighted by Gasteiger charge is -2.08. The first-order valence-corrected chi connectivity index (χ1v) is 10.3. The van der Waals surface area contributed by atoms with E-state index in [1.54, 1.807) is 47.0 Å². The number of fused-ring (bicyclic) bond motifs is 1. The highest BCUT2D eigenvalue weighted by atomic mass is 16.5. The zero-order valence-corrected chi connectivity index (χ0v) is 18.2. The average molecular weight is 429 g/mol. The minimum atomic E-state index is -0.441. The van der Waals surface area contributed by atoms with Crippen LogP contribution in [0.3, 0.4) is 0 Å². The maximum absolute atomic E-state index is 12.8. The van der Waals surface area contributed by atoms with Crippen LogP contribution in [0, 0.1) is 6.92 Å². The molecule has 0 atom stereocenters. The molecule has 0 saturated heterocycles. The molecule has 0 bridgehead atoms. The Morgan fingerprint density at radius 3 is 2.12 bits per heavy atom. The molecule has 0 amide bonds. The maximum Gasteiger partial charge on any atom is 0.337 e. The molecular weight excluding hydrogens is 406 g/mol. The fourth-order valence-corrected chi connectivity index (χ4v) is 3.74. The SMILES string of the molecule is CCc1c(C)nc2n(Cc3ccc(C(=O)c4ccc(C(=O)OC)cc4)cc3)ccn2c1=O. The molecule has 0 fully saturated rings. The molecule has 0 saturated carbocycles. The largest absolute Gasteiger partial charge is 0.465 e. The lowest BCUT2D eigenvalue weighted by molar-refractivity contribution is 0.0600. The van der Waals surface area contributed by atoms with Gasteiger partial charge in [0.2, 0.25) is 5.78 Å². The summed E-state index contributed by atoms with van der Waals surface area (Å²) < 4.78 is 8.16. The van der Waals surface area contributed by atoms with Gasteiger partial charge in [-0.2, -0.15) is 0 Å². The standard InChI is InChI=1S/C25H23N3O4/c1-4-21-16(2)26-25-27(13-14-28(25)23(21)30)15-17-5-7-18(8-6-17)22(29)19-9-11-20(12-10-19)24(31)32-3/h5-14H,4,15H2,1-3H3. The first-order chi connectivity index (χ1) is 15.4. The number of aromatic nitrogens is 3. The maximum atomic E-state index is 12.8. The molecule has 0 aliphatic carbocycles. The van der Waals surface area contributed by atoms with Crippen molar-refractivity contribution in [1.82, 2.24) is 14.0 Å². The summed E-state index contributed by atoms with van der Waals surface area (Å²) in [6.45, 7) is 4.33. The number of ketones is 1. The van der Waals surface area contributed by atoms with Gasteiger partial charge in [-0.25, -0.2) is 9.78 Å². The first-order valence-electron chi connectivity index (χ1n) is 10.3. The number of hydrogen-bond acceptors (Lipinski definition) is 5. The van der Waals surface area contributed by atoms with Gasteiger partial charge >= 0.3 is 5.97 Å². The van der Waals surface area contributed by atoms with E-state index in [2.05, 4.69) is 9.72 Å². The molecular formula is C25H23N3O4. The molecule has 4 rings (SSSR count). The van der Waals surface area contributed by atoms with Gasteiger partial charge in [-0.15, -0.1) is 0 Å². The number of imidazole rings is 1. The molecule has 0 N–H and O–H groups in total. The Balaban J connectivity index is 1.55. The van der Waals surface area contributed by atoms with Crippen LogP contribution >= 0.6 is 0 Å². The predicted molar refractivity (Wildman–Crippen MR) is 120 cm³/mol. The van der Waals surface area contributed by atoms with E-state index in [0.717, 1.165) is 16.8 Å². The van der Waals surface area contributed by atoms with E-state index in [0.29, 0.717) is 35.4 Å². The summed E-state index contributed by atoms with van der Waals surface area (Å²) in [6, 6.07) is 13.7. The summed E-state index contributed by atoms with van der Waals surface area (Å²) in [7, 11) is 1.32. The number of methoxy groups -OCH3 is 1. The molecule has 7 heteroatoms. The van der Waals surface area contributed by atoms with Crippen LogP contribution in [0.15, 0.2) is 65.7 Å². The number of ether oxygens (including phenoxy) is 1. The Morgan fingerprint density at radius 2 is 1.53 bits per heavy atom. The number of carbonyl (C=O) groups excluding carboxylic acids is 2. The van der Waals surface area contributed by atoms with Crippen molar-refractivity contribution >= 4 is 17.5 Å². The van der Waals surface area contributed by atoms with Crippen LogP contribution in [-0.4, -0.2) is 32.8 Å². The van der Waals surface area contributed by atoms with Crippen molar-refractivity contribution in [1.29, 1.82) is 0 Å². The number of esters is 1. The van der Waals surface area contributed by atoms with Crippen molar-refractivity contribution in [3.63, 3.8) is 0 Å². The monoisotopic (exact) mass is 429 g/mol. The van der Waals surface area contributed by atoms with E-state index in [1.807, 2.05) is 36.7 Å². The molecule has 4 aromatic rings. The van der Waals surface area contributed by atoms with E-state index in [9.17, 15) is 14.4 Å². The second-order valence-electron chi connectivity index (χ2n) is 7.53. The molecule has 0 unspecified atom stereocenters. The number of aryl methyl sites for hydroxylation is 1. The van der Waals surface area contributed by atoms with E-state index in [1.165, 1.54) is 7.11 Å². The van der Waals surface area contributed by atoms with Crippen LogP contribution in [0.25, 0.3) is 5.78 Å². The van der Waals surface area contributed by atoms with Crippen LogP contribution in [0.2, 0.25) is 0 Å². The third kappa shape index (κ3) is 3.85. The second-order valence-corrected chi connectivity index (χ2v) is 7.53. The highest BCUT2D eigenvalue weighted by molar-refractivity contribution is 6.09. The normalized spacial score (nSPS) is 11.0. The van der Waals surface area contributed by atoms with Crippen molar-refractivity contribution in [3.8, 4) is 0 Å². The Labute approximate surface area is 184 Å². The Hall–Kier alpha value is -4.00. The van der Waals surface area contributed by atoms with Gasteiger partial charge < -0.3 is 9.30 Å². The third-order valence-corrected chi connectivity index (χ3v) is 5.54. The lowest BCUT2D eigenvalue weighted by atomic mass is 10.0. The minimum absolute atomic E-state index is 0.0343. The predicted octanol–water partition coefficient (Wildman–Crippen LogP) is 3.43. The quantitative estimate of drug-likeness (QED) is 0.346. The Morgan fingerprint density at radius 1 is 0.938 bits per heavy atom. The van der Waals surface area contributed by atoms with Crippen molar-refractivity contribution in [3.05, 3.63) is 105 Å². The fourth-order valence-electron chi connectivity index (χ4n) is 3.74. The number of hydrogen-bond donors (Lipinski definition) is 0. The highest BCUT2D eigenvalue weighted by Crippen LogP contribution is 2.15. The fraction of sp³-hybridized carbons (Fsp3) is 0.200. The van der Waals surface area contributed by atoms with Gasteiger partial charge in [-0.05, 0) is 31.0 Å². The summed E-state index contributed by atoms with van der Waals surface area (Å²) in [5.41, 5.74) is 3.86. The minimum Gasteiger partial charge on any atom is -0.465 e. The average Bonchev–Trinajstić information content (AvgIpc) is 3.21. The summed E-state index contributed by atoms with van der Waals surface area (Å²) in [5, 5.41) is 0. The molecule has 0 radical (unpaired) electrons. The van der Waals surface area contributed by atoms with Crippen molar-refractivity contribution < 1.29 is 14.3 Å². The number of rotatable bonds is 6. The van der Waals surface area contributed by atoms with Gasteiger partial charge in [-0.1, -0.05) is 43.3 Å². The first kappa shape index (κ1) is 21.2. The summed E-state index contributed by atoms with van der Waals surface area (Å²) in [4.78, 5) is 41.6. The Bertz CT molecular complexity index is 1360. The summed E-state index contributed by atoms with van der Waals surface area (Å²) >= 11 is 0. The lowest BCUT2D eigenvalue weighted by Crippen LogP contribution is -2.20. The molecule has 0 aliphatic heterocycles. The van der Waals surface area contributed by atoms with E-state index in [4.69, 9.17) is 0 Å². The van der Waals surface area contributed by atoms with Gasteiger partial charge in [0.15, 0.2) is 5.78 Å². The molecule has 2 heterocycles. The van der Waals surface area contributed by atoms with Crippen LogP contribution in [0.1, 0.15) is 50.0 Å². The van der Waals surface area contributed by atoms with E-state index < -0.39 is 5.97 Å². The second kappa shape index (κ2) is 8.63. The number of carbonyl (C=O) groups is 2. The Kier molecular flexibility index (Phi) is 5.73. The third-order valence-electron chi connectivity index (χ3n) is 5.54. The van der Waals surface area contributed by atoms with Crippen LogP contribution in [0.5, 0.6) is 0 Å². The van der Waals surface area contributed by atoms with Gasteiger partial charge in [-0.3, -0.25) is 14.0 Å². The van der Waals surface area contributed by atoms with Crippen LogP contribution in [0.4, 0.5) is 0 Å². The van der Waals surface area contributed by atoms with Crippen molar-refractivity contribution in [2.24, 2.45) is 0 Å². The van der Waals surface area contributed by atoms with Crippen LogP contribution in [-0.2, 0) is 17.7 Å². The van der Waals surface area contributed by atoms with Gasteiger partial charge in [0, 0.05) is 34.8 Å². The molecule has 162 valence electrons. The van der Waals surface area contributed by atoms with Gasteiger partial charge in [0.25, 0.3) is 5.56 Å². The topological polar surface area (TPSA) is 82.7 Å². The van der Waals surface area contributed by atoms with Gasteiger partial charge in [0.05, 0.1) is 19.2 Å². The van der Waals surface area contributed by atoms with E-state index >= 15 is 0 Å². The molecule has 7 nitrogen and oxygen atoms in total. The zero-order chi connectivity index (χ0) is 22.8. The number of benzene rings is 2. The molecule has 2 aromatic carbocycles. The molecule has 0 spiro atoms. The van der Waals surface area contributed by atoms with Crippen molar-refractivity contribution in [2.45, 2.75) is 26.8 Å². The highest BCUT2D eigenvalue weighted by Gasteiger charge is 2.13. The summed E-state index contributed by atoms with van der Waals surface area (Å²) in [6.07, 6.45) is 4.22. The molecule has 32 heavy (non-hydrogen) atoms. The molecule has 0 aliphatic rings. The number of nitrogens with zero attached hydrogens (tertiary/aromatic N) is 3. The van der Waals surface area contributed by atoms with E-state index in [-0.39, 0.29) is 11.3 Å². The summed E-state index contributed by atoms with van der Waals surface area (Å²) in [5.74, 6) is 0.0228. The van der Waals surface area contributed by atoms with Crippen molar-refractivity contribution in [2.75, 3.05) is 7.11 Å².